The van der Waals surface area contributed by atoms with E-state index in [2.05, 4.69) is 24.0 Å². The van der Waals surface area contributed by atoms with Crippen LogP contribution in [0.2, 0.25) is 0 Å². The van der Waals surface area contributed by atoms with Gasteiger partial charge in [0.25, 0.3) is 0 Å². The van der Waals surface area contributed by atoms with E-state index in [1.54, 1.807) is 23.2 Å². The molecular weight excluding hydrogens is 458 g/mol. The van der Waals surface area contributed by atoms with E-state index in [-0.39, 0.29) is 24.0 Å². The standard InChI is InChI=1S/C26H31N7OS/c1-14(2)25-32-31-21(34-25)13-20-24(29)33(17(5)28)26-22(15(3)16(4)35-26)23(30-20)19-10-8-18(9-11-19)7-6-12-27/h6-11,14,20,28-29H,12-13,27H2,1-5H3/b7-6+,28-17?,29-24?/t20-/m0/s1. The van der Waals surface area contributed by atoms with Gasteiger partial charge in [0.15, 0.2) is 0 Å². The Morgan fingerprint density at radius 2 is 1.94 bits per heavy atom. The maximum absolute atomic E-state index is 9.06. The Hall–Kier alpha value is -3.43. The first-order chi connectivity index (χ1) is 16.7. The number of aliphatic imine (C=N–C) groups is 1. The van der Waals surface area contributed by atoms with Crippen molar-refractivity contribution < 1.29 is 4.42 Å². The SMILES string of the molecule is CC(=N)N1C(=N)[C@H](Cc2nnc(C(C)C)o2)N=C(c2ccc(/C=C/CN)cc2)c2c1sc(C)c2C. The van der Waals surface area contributed by atoms with Crippen molar-refractivity contribution in [3.63, 3.8) is 0 Å². The van der Waals surface area contributed by atoms with Crippen molar-refractivity contribution in [2.75, 3.05) is 11.4 Å². The monoisotopic (exact) mass is 489 g/mol. The summed E-state index contributed by atoms with van der Waals surface area (Å²) >= 11 is 1.59. The second-order valence-corrected chi connectivity index (χ2v) is 10.1. The number of nitrogens with one attached hydrogen (secondary N) is 2. The highest BCUT2D eigenvalue weighted by Gasteiger charge is 2.34. The quantitative estimate of drug-likeness (QED) is 0.328. The van der Waals surface area contributed by atoms with Crippen LogP contribution in [0.25, 0.3) is 6.08 Å². The molecule has 0 amide bonds. The molecule has 1 aliphatic rings. The van der Waals surface area contributed by atoms with Crippen LogP contribution in [0.1, 0.15) is 65.6 Å². The molecule has 3 aromatic rings. The molecule has 3 heterocycles. The van der Waals surface area contributed by atoms with E-state index < -0.39 is 6.04 Å². The minimum absolute atomic E-state index is 0.119. The van der Waals surface area contributed by atoms with Crippen LogP contribution in [0, 0.1) is 24.7 Å². The molecule has 1 atom stereocenters. The fourth-order valence-corrected chi connectivity index (χ4v) is 5.21. The van der Waals surface area contributed by atoms with Crippen LogP contribution < -0.4 is 10.6 Å². The summed E-state index contributed by atoms with van der Waals surface area (Å²) in [4.78, 5) is 7.94. The van der Waals surface area contributed by atoms with Crippen LogP contribution in [0.3, 0.4) is 0 Å². The summed E-state index contributed by atoms with van der Waals surface area (Å²) in [5.74, 6) is 1.62. The molecule has 9 heteroatoms. The summed E-state index contributed by atoms with van der Waals surface area (Å²) in [5, 5.41) is 26.7. The zero-order valence-corrected chi connectivity index (χ0v) is 21.5. The van der Waals surface area contributed by atoms with E-state index in [4.69, 9.17) is 26.0 Å². The predicted octanol–water partition coefficient (Wildman–Crippen LogP) is 5.09. The van der Waals surface area contributed by atoms with Crippen molar-refractivity contribution in [2.45, 2.75) is 53.0 Å². The lowest BCUT2D eigenvalue weighted by atomic mass is 9.98. The second kappa shape index (κ2) is 10.1. The topological polar surface area (TPSA) is 128 Å². The van der Waals surface area contributed by atoms with Gasteiger partial charge in [-0.1, -0.05) is 50.3 Å². The van der Waals surface area contributed by atoms with Gasteiger partial charge in [0.05, 0.1) is 12.1 Å². The predicted molar refractivity (Wildman–Crippen MR) is 143 cm³/mol. The van der Waals surface area contributed by atoms with E-state index in [0.717, 1.165) is 37.8 Å². The Bertz CT molecular complexity index is 1310. The Kier molecular flexibility index (Phi) is 7.09. The highest BCUT2D eigenvalue weighted by molar-refractivity contribution is 7.17. The van der Waals surface area contributed by atoms with Crippen molar-refractivity contribution in [1.82, 2.24) is 10.2 Å². The van der Waals surface area contributed by atoms with Crippen LogP contribution in [-0.4, -0.2) is 40.2 Å². The first kappa shape index (κ1) is 24.7. The van der Waals surface area contributed by atoms with Crippen LogP contribution >= 0.6 is 11.3 Å². The molecule has 0 fully saturated rings. The summed E-state index contributed by atoms with van der Waals surface area (Å²) in [6.45, 7) is 10.3. The highest BCUT2D eigenvalue weighted by Crippen LogP contribution is 2.40. The normalized spacial score (nSPS) is 16.1. The van der Waals surface area contributed by atoms with Gasteiger partial charge < -0.3 is 10.2 Å². The molecule has 182 valence electrons. The fourth-order valence-electron chi connectivity index (χ4n) is 3.98. The lowest BCUT2D eigenvalue weighted by Crippen LogP contribution is -2.40. The Morgan fingerprint density at radius 1 is 1.23 bits per heavy atom. The maximum atomic E-state index is 9.06. The molecule has 8 nitrogen and oxygen atoms in total. The van der Waals surface area contributed by atoms with Crippen molar-refractivity contribution in [3.8, 4) is 0 Å². The van der Waals surface area contributed by atoms with Gasteiger partial charge in [-0.15, -0.1) is 21.5 Å². The molecule has 4 rings (SSSR count). The Morgan fingerprint density at radius 3 is 2.54 bits per heavy atom. The van der Waals surface area contributed by atoms with Crippen molar-refractivity contribution >= 4 is 39.8 Å². The van der Waals surface area contributed by atoms with Gasteiger partial charge in [-0.05, 0) is 31.9 Å². The molecule has 0 saturated heterocycles. The average molecular weight is 490 g/mol. The molecule has 0 aliphatic carbocycles. The van der Waals surface area contributed by atoms with Gasteiger partial charge in [-0.25, -0.2) is 0 Å². The van der Waals surface area contributed by atoms with Crippen molar-refractivity contribution in [1.29, 1.82) is 10.8 Å². The number of thiophene rings is 1. The molecule has 1 aliphatic heterocycles. The van der Waals surface area contributed by atoms with E-state index >= 15 is 0 Å². The number of nitrogens with zero attached hydrogens (tertiary/aromatic N) is 4. The van der Waals surface area contributed by atoms with Crippen molar-refractivity contribution in [2.24, 2.45) is 10.7 Å². The third-order valence-electron chi connectivity index (χ3n) is 5.96. The summed E-state index contributed by atoms with van der Waals surface area (Å²) in [6.07, 6.45) is 4.20. The number of rotatable bonds is 6. The van der Waals surface area contributed by atoms with E-state index in [1.165, 1.54) is 0 Å². The van der Waals surface area contributed by atoms with Gasteiger partial charge in [0.1, 0.15) is 22.7 Å². The number of hydrogen-bond donors (Lipinski definition) is 3. The molecule has 2 aromatic heterocycles. The van der Waals surface area contributed by atoms with Crippen LogP contribution in [0.15, 0.2) is 39.8 Å². The van der Waals surface area contributed by atoms with E-state index in [1.807, 2.05) is 50.3 Å². The lowest BCUT2D eigenvalue weighted by Gasteiger charge is -2.24. The third-order valence-corrected chi connectivity index (χ3v) is 7.15. The lowest BCUT2D eigenvalue weighted by molar-refractivity contribution is 0.428. The highest BCUT2D eigenvalue weighted by atomic mass is 32.1. The largest absolute Gasteiger partial charge is 0.425 e. The fraction of sp³-hybridized carbons (Fsp3) is 0.346. The Balaban J connectivity index is 1.86. The summed E-state index contributed by atoms with van der Waals surface area (Å²) in [6, 6.07) is 7.58. The third kappa shape index (κ3) is 4.87. The molecule has 35 heavy (non-hydrogen) atoms. The minimum Gasteiger partial charge on any atom is -0.425 e. The molecule has 0 bridgehead atoms. The number of amidine groups is 2. The smallest absolute Gasteiger partial charge is 0.219 e. The second-order valence-electron chi connectivity index (χ2n) is 8.92. The van der Waals surface area contributed by atoms with E-state index in [9.17, 15) is 0 Å². The van der Waals surface area contributed by atoms with E-state index in [0.29, 0.717) is 18.3 Å². The number of aryl methyl sites for hydroxylation is 1. The Labute approximate surface area is 209 Å². The summed E-state index contributed by atoms with van der Waals surface area (Å²) < 4.78 is 5.85. The molecule has 0 spiro atoms. The number of anilines is 1. The molecular formula is C26H31N7OS. The first-order valence-electron chi connectivity index (χ1n) is 11.6. The first-order valence-corrected chi connectivity index (χ1v) is 12.4. The zero-order chi connectivity index (χ0) is 25.3. The van der Waals surface area contributed by atoms with Crippen molar-refractivity contribution in [3.05, 3.63) is 69.3 Å². The molecule has 0 radical (unpaired) electrons. The number of fused-ring (bicyclic) bond motifs is 1. The minimum atomic E-state index is -0.582. The summed E-state index contributed by atoms with van der Waals surface area (Å²) in [5.41, 5.74) is 10.5. The molecule has 0 unspecified atom stereocenters. The van der Waals surface area contributed by atoms with Crippen LogP contribution in [0.4, 0.5) is 5.00 Å². The van der Waals surface area contributed by atoms with Crippen LogP contribution in [-0.2, 0) is 6.42 Å². The zero-order valence-electron chi connectivity index (χ0n) is 20.7. The average Bonchev–Trinajstić information content (AvgIpc) is 3.37. The van der Waals surface area contributed by atoms with Gasteiger partial charge in [-0.3, -0.25) is 20.7 Å². The molecule has 4 N–H and O–H groups in total. The number of hydrogen-bond acceptors (Lipinski definition) is 8. The summed E-state index contributed by atoms with van der Waals surface area (Å²) in [7, 11) is 0. The van der Waals surface area contributed by atoms with Gasteiger partial charge in [-0.2, -0.15) is 0 Å². The molecule has 1 aromatic carbocycles. The maximum Gasteiger partial charge on any atom is 0.219 e. The molecule has 0 saturated carbocycles. The number of nitrogens with two attached hydrogens (primary N) is 1. The van der Waals surface area contributed by atoms with Gasteiger partial charge in [0, 0.05) is 28.5 Å². The van der Waals surface area contributed by atoms with Gasteiger partial charge >= 0.3 is 0 Å². The van der Waals surface area contributed by atoms with Crippen LogP contribution in [0.5, 0.6) is 0 Å². The van der Waals surface area contributed by atoms with Gasteiger partial charge in [0.2, 0.25) is 11.8 Å². The number of benzene rings is 1. The number of aromatic nitrogens is 2.